The number of anilines is 1. The number of benzene rings is 1. The van der Waals surface area contributed by atoms with E-state index < -0.39 is 33.6 Å². The molecule has 164 valence electrons. The number of esters is 1. The summed E-state index contributed by atoms with van der Waals surface area (Å²) in [6.45, 7) is 5.79. The summed E-state index contributed by atoms with van der Waals surface area (Å²) in [7, 11) is 2.20. The molecule has 9 nitrogen and oxygen atoms in total. The van der Waals surface area contributed by atoms with E-state index in [0.29, 0.717) is 5.69 Å². The zero-order chi connectivity index (χ0) is 23.2. The number of para-hydroxylation sites is 1. The summed E-state index contributed by atoms with van der Waals surface area (Å²) in [5.74, 6) is -0.294. The van der Waals surface area contributed by atoms with Crippen molar-refractivity contribution in [3.8, 4) is 6.07 Å². The molecule has 0 radical (unpaired) electrons. The lowest BCUT2D eigenvalue weighted by molar-refractivity contribution is -0.888. The molecule has 1 aromatic rings. The monoisotopic (exact) mass is 443 g/mol. The predicted molar refractivity (Wildman–Crippen MR) is 120 cm³/mol. The highest BCUT2D eigenvalue weighted by Gasteiger charge is 2.26. The topological polar surface area (TPSA) is 141 Å². The van der Waals surface area contributed by atoms with Crippen molar-refractivity contribution in [2.45, 2.75) is 6.92 Å². The molecular weight excluding hydrogens is 418 g/mol. The zero-order valence-corrected chi connectivity index (χ0v) is 18.3. The fraction of sp³-hybridized carbons (Fsp3) is 0.333. The maximum absolute atomic E-state index is 12.3. The number of morpholine rings is 1. The molecule has 0 aromatic heterocycles. The summed E-state index contributed by atoms with van der Waals surface area (Å²) >= 11 is 4.71. The summed E-state index contributed by atoms with van der Waals surface area (Å²) in [6.07, 6.45) is 0. The number of rotatable bonds is 6. The molecule has 1 aliphatic heterocycles. The van der Waals surface area contributed by atoms with Crippen LogP contribution in [0.4, 0.5) is 5.69 Å². The van der Waals surface area contributed by atoms with Crippen molar-refractivity contribution >= 4 is 40.6 Å². The zero-order valence-electron chi connectivity index (χ0n) is 17.4. The Hall–Kier alpha value is -3.35. The Balaban J connectivity index is 0.000000577. The molecule has 1 saturated heterocycles. The van der Waals surface area contributed by atoms with Crippen molar-refractivity contribution in [2.24, 2.45) is 5.73 Å². The van der Waals surface area contributed by atoms with E-state index in [2.05, 4.69) is 12.4 Å². The van der Waals surface area contributed by atoms with Gasteiger partial charge in [0, 0.05) is 5.69 Å². The number of nitrogens with one attached hydrogen (secondary N) is 2. The van der Waals surface area contributed by atoms with Gasteiger partial charge in [-0.05, 0) is 19.1 Å². The first-order chi connectivity index (χ1) is 14.8. The van der Waals surface area contributed by atoms with Crippen LogP contribution in [0.25, 0.3) is 5.41 Å². The molecule has 0 unspecified atom stereocenters. The minimum absolute atomic E-state index is 0.0165. The molecule has 0 spiro atoms. The third kappa shape index (κ3) is 8.50. The van der Waals surface area contributed by atoms with Crippen LogP contribution < -0.4 is 16.0 Å². The number of quaternary nitrogens is 1. The molecule has 0 atom stereocenters. The van der Waals surface area contributed by atoms with E-state index >= 15 is 0 Å². The summed E-state index contributed by atoms with van der Waals surface area (Å²) in [6, 6.07) is 9.93. The van der Waals surface area contributed by atoms with Crippen molar-refractivity contribution in [2.75, 3.05) is 45.3 Å². The Labute approximate surface area is 186 Å². The molecule has 0 aliphatic carbocycles. The first-order valence-corrected chi connectivity index (χ1v) is 9.90. The fourth-order valence-corrected chi connectivity index (χ4v) is 2.57. The lowest BCUT2D eigenvalue weighted by Crippen LogP contribution is -3.11. The number of nitriles is 1. The van der Waals surface area contributed by atoms with Gasteiger partial charge in [0.15, 0.2) is 0 Å². The molecule has 0 bridgehead atoms. The van der Waals surface area contributed by atoms with Crippen LogP contribution in [-0.4, -0.2) is 62.7 Å². The van der Waals surface area contributed by atoms with Gasteiger partial charge in [-0.2, -0.15) is 5.26 Å². The van der Waals surface area contributed by atoms with Gasteiger partial charge < -0.3 is 30.8 Å². The molecule has 1 heterocycles. The van der Waals surface area contributed by atoms with Crippen molar-refractivity contribution in [1.29, 1.82) is 5.26 Å². The van der Waals surface area contributed by atoms with Gasteiger partial charge in [-0.25, -0.2) is 4.79 Å². The number of thiocarbonyl (C=S) groups is 1. The number of nitrogens with two attached hydrogens (primary N) is 1. The molecule has 1 amide bonds. The first kappa shape index (κ1) is 25.7. The number of carbonyl (C=O) groups excluding carboxylic acids is 2. The van der Waals surface area contributed by atoms with Gasteiger partial charge >= 0.3 is 5.97 Å². The van der Waals surface area contributed by atoms with Crippen molar-refractivity contribution < 1.29 is 24.0 Å². The highest BCUT2D eigenvalue weighted by Crippen LogP contribution is 2.18. The van der Waals surface area contributed by atoms with E-state index in [4.69, 9.17) is 32.7 Å². The Morgan fingerprint density at radius 1 is 1.32 bits per heavy atom. The third-order valence-corrected chi connectivity index (χ3v) is 4.26. The highest BCUT2D eigenvalue weighted by molar-refractivity contribution is 7.80. The molecule has 1 aromatic carbocycles. The van der Waals surface area contributed by atoms with Gasteiger partial charge in [0.1, 0.15) is 29.7 Å². The van der Waals surface area contributed by atoms with E-state index in [1.54, 1.807) is 54.1 Å². The Bertz CT molecular complexity index is 911. The smallest absolute Gasteiger partial charge is 0.340 e. The van der Waals surface area contributed by atoms with Crippen LogP contribution in [0.15, 0.2) is 47.1 Å². The lowest BCUT2D eigenvalue weighted by Gasteiger charge is -2.18. The van der Waals surface area contributed by atoms with Crippen LogP contribution in [0.5, 0.6) is 0 Å². The average Bonchev–Trinajstić information content (AvgIpc) is 2.75. The lowest BCUT2D eigenvalue weighted by atomic mass is 10.0. The second kappa shape index (κ2) is 13.8. The molecule has 4 N–H and O–H groups in total. The number of ether oxygens (including phenoxy) is 2. The van der Waals surface area contributed by atoms with E-state index in [1.165, 1.54) is 13.1 Å². The van der Waals surface area contributed by atoms with Crippen LogP contribution in [-0.2, 0) is 19.1 Å². The first-order valence-electron chi connectivity index (χ1n) is 9.49. The summed E-state index contributed by atoms with van der Waals surface area (Å²) in [4.78, 5) is 25.6. The number of amides is 1. The summed E-state index contributed by atoms with van der Waals surface area (Å²) in [5.41, 5.74) is 4.21. The molecule has 0 saturated carbocycles. The van der Waals surface area contributed by atoms with E-state index in [1.807, 2.05) is 0 Å². The fourth-order valence-electron chi connectivity index (χ4n) is 2.42. The normalized spacial score (nSPS) is 13.8. The quantitative estimate of drug-likeness (QED) is 0.140. The maximum Gasteiger partial charge on any atom is 0.340 e. The molecule has 2 rings (SSSR count). The number of hydrogen-bond acceptors (Lipinski definition) is 6. The van der Waals surface area contributed by atoms with Gasteiger partial charge in [-0.1, -0.05) is 30.4 Å². The van der Waals surface area contributed by atoms with Gasteiger partial charge in [-0.15, -0.1) is 0 Å². The van der Waals surface area contributed by atoms with Crippen LogP contribution in [0.3, 0.4) is 0 Å². The highest BCUT2D eigenvalue weighted by atomic mass is 32.1. The molecule has 1 fully saturated rings. The SMILES string of the molecule is CCOC(=O)/C(C(=C=[N-])C(=O)Nc1ccccc1)=C(\C#N)C(N)=S.C[NH+]1CCOCC1. The number of nitrogens with zero attached hydrogens (tertiary/aromatic N) is 2. The second-order valence-electron chi connectivity index (χ2n) is 6.32. The van der Waals surface area contributed by atoms with Crippen LogP contribution in [0.2, 0.25) is 0 Å². The van der Waals surface area contributed by atoms with Gasteiger partial charge in [0.05, 0.1) is 38.0 Å². The molecule has 1 aliphatic rings. The van der Waals surface area contributed by atoms with E-state index in [0.717, 1.165) is 13.2 Å². The van der Waals surface area contributed by atoms with E-state index in [-0.39, 0.29) is 6.61 Å². The van der Waals surface area contributed by atoms with Crippen molar-refractivity contribution in [3.63, 3.8) is 0 Å². The van der Waals surface area contributed by atoms with Gasteiger partial charge in [0.25, 0.3) is 5.91 Å². The third-order valence-electron chi connectivity index (χ3n) is 4.05. The molecular formula is C21H25N5O4S. The van der Waals surface area contributed by atoms with Gasteiger partial charge in [0.2, 0.25) is 0 Å². The van der Waals surface area contributed by atoms with Crippen LogP contribution >= 0.6 is 12.2 Å². The minimum Gasteiger partial charge on any atom is -0.763 e. The van der Waals surface area contributed by atoms with Crippen molar-refractivity contribution in [1.82, 2.24) is 0 Å². The summed E-state index contributed by atoms with van der Waals surface area (Å²) in [5, 5.41) is 20.9. The number of likely N-dealkylation sites (N-methyl/N-ethyl adjacent to an activating group) is 1. The number of hydrogen-bond donors (Lipinski definition) is 3. The van der Waals surface area contributed by atoms with Crippen LogP contribution in [0.1, 0.15) is 6.92 Å². The van der Waals surface area contributed by atoms with E-state index in [9.17, 15) is 15.0 Å². The standard InChI is InChI=1S/C16H13N4O3S.C5H11NO/c1-2-23-16(22)13(11(8-17)14(19)24)12(9-18)15(21)20-10-6-4-3-5-7-10;1-6-2-4-7-5-3-6/h3-7H,2H2,1H3,(H2,19,24)(H,20,21);2-5H2,1H3/q-1;/p+1/b13-11+;. The molecule has 10 heteroatoms. The largest absolute Gasteiger partial charge is 0.763 e. The number of carbonyl (C=O) groups is 2. The Kier molecular flexibility index (Phi) is 11.4. The molecule has 31 heavy (non-hydrogen) atoms. The minimum atomic E-state index is -1.03. The van der Waals surface area contributed by atoms with Crippen LogP contribution in [0, 0.1) is 11.3 Å². The van der Waals surface area contributed by atoms with Gasteiger partial charge in [-0.3, -0.25) is 10.7 Å². The second-order valence-corrected chi connectivity index (χ2v) is 6.76. The summed E-state index contributed by atoms with van der Waals surface area (Å²) < 4.78 is 9.92. The van der Waals surface area contributed by atoms with Crippen molar-refractivity contribution in [3.05, 3.63) is 52.5 Å². The average molecular weight is 444 g/mol. The Morgan fingerprint density at radius 2 is 1.94 bits per heavy atom. The predicted octanol–water partition coefficient (Wildman–Crippen LogP) is -0.00872. The maximum atomic E-state index is 12.3. The Morgan fingerprint density at radius 3 is 2.35 bits per heavy atom.